The fourth-order valence-electron chi connectivity index (χ4n) is 1.27. The van der Waals surface area contributed by atoms with Crippen molar-refractivity contribution in [2.24, 2.45) is 0 Å². The first-order valence-electron chi connectivity index (χ1n) is 5.82. The van der Waals surface area contributed by atoms with E-state index < -0.39 is 0 Å². The molecule has 0 aliphatic heterocycles. The van der Waals surface area contributed by atoms with Crippen LogP contribution < -0.4 is 16.0 Å². The number of halogens is 1. The number of hydrogen-bond acceptors (Lipinski definition) is 5. The Morgan fingerprint density at radius 3 is 2.78 bits per heavy atom. The quantitative estimate of drug-likeness (QED) is 0.743. The Labute approximate surface area is 115 Å². The third kappa shape index (κ3) is 4.87. The molecule has 1 aromatic rings. The van der Waals surface area contributed by atoms with Crippen LogP contribution >= 0.6 is 15.9 Å². The van der Waals surface area contributed by atoms with E-state index in [9.17, 15) is 4.79 Å². The van der Waals surface area contributed by atoms with Gasteiger partial charge >= 0.3 is 0 Å². The highest BCUT2D eigenvalue weighted by Crippen LogP contribution is 2.19. The summed E-state index contributed by atoms with van der Waals surface area (Å²) >= 11 is 3.34. The maximum atomic E-state index is 11.5. The summed E-state index contributed by atoms with van der Waals surface area (Å²) in [6.45, 7) is 6.73. The number of amides is 1. The molecular formula is C11H18BrN5O. The average Bonchev–Trinajstić information content (AvgIpc) is 2.29. The lowest BCUT2D eigenvalue weighted by atomic mass is 10.4. The van der Waals surface area contributed by atoms with Gasteiger partial charge < -0.3 is 16.0 Å². The molecular weight excluding hydrogens is 298 g/mol. The van der Waals surface area contributed by atoms with Crippen molar-refractivity contribution in [2.75, 3.05) is 23.7 Å². The SMILES string of the molecule is CCNc1ncc(Br)c(NCC(=O)NC(C)C)n1. The summed E-state index contributed by atoms with van der Waals surface area (Å²) in [5.74, 6) is 1.06. The summed E-state index contributed by atoms with van der Waals surface area (Å²) < 4.78 is 0.724. The first-order chi connectivity index (χ1) is 8.52. The van der Waals surface area contributed by atoms with Gasteiger partial charge in [-0.3, -0.25) is 4.79 Å². The van der Waals surface area contributed by atoms with E-state index >= 15 is 0 Å². The van der Waals surface area contributed by atoms with Gasteiger partial charge in [0.15, 0.2) is 0 Å². The van der Waals surface area contributed by atoms with E-state index in [4.69, 9.17) is 0 Å². The molecule has 0 unspecified atom stereocenters. The number of carbonyl (C=O) groups is 1. The van der Waals surface area contributed by atoms with Crippen LogP contribution in [0.3, 0.4) is 0 Å². The molecule has 0 saturated heterocycles. The van der Waals surface area contributed by atoms with Crippen molar-refractivity contribution < 1.29 is 4.79 Å². The maximum absolute atomic E-state index is 11.5. The van der Waals surface area contributed by atoms with E-state index in [1.165, 1.54) is 0 Å². The third-order valence-electron chi connectivity index (χ3n) is 1.95. The highest BCUT2D eigenvalue weighted by atomic mass is 79.9. The first kappa shape index (κ1) is 14.7. The molecule has 0 aliphatic carbocycles. The zero-order valence-corrected chi connectivity index (χ0v) is 12.3. The van der Waals surface area contributed by atoms with Gasteiger partial charge in [0.2, 0.25) is 11.9 Å². The van der Waals surface area contributed by atoms with Gasteiger partial charge in [-0.2, -0.15) is 4.98 Å². The largest absolute Gasteiger partial charge is 0.360 e. The van der Waals surface area contributed by atoms with Crippen molar-refractivity contribution in [1.29, 1.82) is 0 Å². The minimum Gasteiger partial charge on any atom is -0.360 e. The van der Waals surface area contributed by atoms with E-state index in [2.05, 4.69) is 41.8 Å². The van der Waals surface area contributed by atoms with Gasteiger partial charge in [0.05, 0.1) is 11.0 Å². The van der Waals surface area contributed by atoms with Gasteiger partial charge in [-0.05, 0) is 36.7 Å². The van der Waals surface area contributed by atoms with Crippen LogP contribution in [0.5, 0.6) is 0 Å². The Balaban J connectivity index is 2.60. The van der Waals surface area contributed by atoms with Crippen LogP contribution in [-0.2, 0) is 4.79 Å². The molecule has 100 valence electrons. The van der Waals surface area contributed by atoms with E-state index in [1.54, 1.807) is 6.20 Å². The second kappa shape index (κ2) is 7.15. The topological polar surface area (TPSA) is 78.9 Å². The van der Waals surface area contributed by atoms with Crippen LogP contribution in [-0.4, -0.2) is 35.0 Å². The number of aromatic nitrogens is 2. The zero-order valence-electron chi connectivity index (χ0n) is 10.7. The first-order valence-corrected chi connectivity index (χ1v) is 6.61. The number of nitrogens with zero attached hydrogens (tertiary/aromatic N) is 2. The number of carbonyl (C=O) groups excluding carboxylic acids is 1. The summed E-state index contributed by atoms with van der Waals surface area (Å²) in [5.41, 5.74) is 0. The third-order valence-corrected chi connectivity index (χ3v) is 2.53. The van der Waals surface area contributed by atoms with Gasteiger partial charge in [0.25, 0.3) is 0 Å². The van der Waals surface area contributed by atoms with Crippen LogP contribution in [0.1, 0.15) is 20.8 Å². The van der Waals surface area contributed by atoms with Crippen LogP contribution in [0.2, 0.25) is 0 Å². The van der Waals surface area contributed by atoms with Crippen molar-refractivity contribution >= 4 is 33.6 Å². The van der Waals surface area contributed by atoms with Crippen molar-refractivity contribution in [3.05, 3.63) is 10.7 Å². The van der Waals surface area contributed by atoms with E-state index in [0.29, 0.717) is 11.8 Å². The van der Waals surface area contributed by atoms with Gasteiger partial charge in [-0.1, -0.05) is 0 Å². The number of hydrogen-bond donors (Lipinski definition) is 3. The standard InChI is InChI=1S/C11H18BrN5O/c1-4-13-11-15-5-8(12)10(17-11)14-6-9(18)16-7(2)3/h5,7H,4,6H2,1-3H3,(H,16,18)(H2,13,14,15,17). The normalized spacial score (nSPS) is 10.3. The summed E-state index contributed by atoms with van der Waals surface area (Å²) in [6, 6.07) is 0.130. The minimum absolute atomic E-state index is 0.0690. The molecule has 1 rings (SSSR count). The van der Waals surface area contributed by atoms with Crippen molar-refractivity contribution in [3.8, 4) is 0 Å². The molecule has 1 amide bonds. The van der Waals surface area contributed by atoms with Gasteiger partial charge in [0.1, 0.15) is 5.82 Å². The fraction of sp³-hybridized carbons (Fsp3) is 0.545. The molecule has 0 radical (unpaired) electrons. The zero-order chi connectivity index (χ0) is 13.5. The van der Waals surface area contributed by atoms with Crippen molar-refractivity contribution in [1.82, 2.24) is 15.3 Å². The second-order valence-corrected chi connectivity index (χ2v) is 4.85. The van der Waals surface area contributed by atoms with Crippen LogP contribution in [0.15, 0.2) is 10.7 Å². The van der Waals surface area contributed by atoms with Gasteiger partial charge in [-0.25, -0.2) is 4.98 Å². The Morgan fingerprint density at radius 2 is 2.17 bits per heavy atom. The molecule has 0 aliphatic rings. The Hall–Kier alpha value is -1.37. The summed E-state index contributed by atoms with van der Waals surface area (Å²) in [4.78, 5) is 19.8. The van der Waals surface area contributed by atoms with E-state index in [0.717, 1.165) is 11.0 Å². The molecule has 0 fully saturated rings. The van der Waals surface area contributed by atoms with Crippen molar-refractivity contribution in [2.45, 2.75) is 26.8 Å². The Morgan fingerprint density at radius 1 is 1.44 bits per heavy atom. The summed E-state index contributed by atoms with van der Waals surface area (Å²) in [6.07, 6.45) is 1.65. The van der Waals surface area contributed by atoms with E-state index in [1.807, 2.05) is 20.8 Å². The second-order valence-electron chi connectivity index (χ2n) is 4.00. The predicted octanol–water partition coefficient (Wildman–Crippen LogP) is 1.61. The number of nitrogens with one attached hydrogen (secondary N) is 3. The molecule has 0 saturated carbocycles. The summed E-state index contributed by atoms with van der Waals surface area (Å²) in [7, 11) is 0. The van der Waals surface area contributed by atoms with Crippen molar-refractivity contribution in [3.63, 3.8) is 0 Å². The highest BCUT2D eigenvalue weighted by Gasteiger charge is 2.07. The predicted molar refractivity (Wildman–Crippen MR) is 75.7 cm³/mol. The smallest absolute Gasteiger partial charge is 0.239 e. The molecule has 0 bridgehead atoms. The fourth-order valence-corrected chi connectivity index (χ4v) is 1.60. The molecule has 0 aromatic carbocycles. The minimum atomic E-state index is -0.0690. The number of anilines is 2. The molecule has 0 atom stereocenters. The number of rotatable bonds is 6. The van der Waals surface area contributed by atoms with E-state index in [-0.39, 0.29) is 18.5 Å². The van der Waals surface area contributed by atoms with Crippen LogP contribution in [0.25, 0.3) is 0 Å². The molecule has 3 N–H and O–H groups in total. The van der Waals surface area contributed by atoms with Gasteiger partial charge in [-0.15, -0.1) is 0 Å². The molecule has 0 spiro atoms. The summed E-state index contributed by atoms with van der Waals surface area (Å²) in [5, 5.41) is 8.77. The molecule has 1 heterocycles. The average molecular weight is 316 g/mol. The molecule has 18 heavy (non-hydrogen) atoms. The highest BCUT2D eigenvalue weighted by molar-refractivity contribution is 9.10. The lowest BCUT2D eigenvalue weighted by Crippen LogP contribution is -2.35. The van der Waals surface area contributed by atoms with Crippen LogP contribution in [0, 0.1) is 0 Å². The molecule has 6 nitrogen and oxygen atoms in total. The van der Waals surface area contributed by atoms with Gasteiger partial charge in [0, 0.05) is 18.8 Å². The Bertz CT molecular complexity index is 410. The Kier molecular flexibility index (Phi) is 5.84. The lowest BCUT2D eigenvalue weighted by molar-refractivity contribution is -0.119. The van der Waals surface area contributed by atoms with Crippen LogP contribution in [0.4, 0.5) is 11.8 Å². The molecule has 7 heteroatoms. The maximum Gasteiger partial charge on any atom is 0.239 e. The molecule has 1 aromatic heterocycles. The monoisotopic (exact) mass is 315 g/mol. The lowest BCUT2D eigenvalue weighted by Gasteiger charge is -2.11.